The first-order chi connectivity index (χ1) is 9.31. The molecule has 1 aliphatic rings. The fourth-order valence-corrected chi connectivity index (χ4v) is 2.02. The highest BCUT2D eigenvalue weighted by atomic mass is 16.5. The normalized spacial score (nSPS) is 15.3. The topological polar surface area (TPSA) is 50.8 Å². The minimum absolute atomic E-state index is 0.0163. The van der Waals surface area contributed by atoms with Gasteiger partial charge in [0, 0.05) is 25.2 Å². The zero-order chi connectivity index (χ0) is 13.5. The third-order valence-corrected chi connectivity index (χ3v) is 3.05. The first-order valence-corrected chi connectivity index (χ1v) is 6.52. The summed E-state index contributed by atoms with van der Waals surface area (Å²) in [7, 11) is 1.88. The van der Waals surface area contributed by atoms with Crippen LogP contribution in [0.15, 0.2) is 24.3 Å². The van der Waals surface area contributed by atoms with E-state index in [-0.39, 0.29) is 12.5 Å². The van der Waals surface area contributed by atoms with E-state index >= 15 is 0 Å². The maximum atomic E-state index is 12.0. The van der Waals surface area contributed by atoms with Gasteiger partial charge in [-0.25, -0.2) is 0 Å². The van der Waals surface area contributed by atoms with Crippen LogP contribution in [0.5, 0.6) is 5.75 Å². The average Bonchev–Trinajstić information content (AvgIpc) is 2.47. The Morgan fingerprint density at radius 3 is 2.84 bits per heavy atom. The quantitative estimate of drug-likeness (QED) is 0.848. The van der Waals surface area contributed by atoms with Crippen molar-refractivity contribution in [2.75, 3.05) is 40.0 Å². The van der Waals surface area contributed by atoms with Gasteiger partial charge in [-0.2, -0.15) is 0 Å². The monoisotopic (exact) mass is 264 g/mol. The summed E-state index contributed by atoms with van der Waals surface area (Å²) in [6.45, 7) is 3.34. The summed E-state index contributed by atoms with van der Waals surface area (Å²) >= 11 is 0. The van der Waals surface area contributed by atoms with Crippen LogP contribution in [0.2, 0.25) is 0 Å². The van der Waals surface area contributed by atoms with Gasteiger partial charge in [-0.1, -0.05) is 18.2 Å². The van der Waals surface area contributed by atoms with E-state index in [2.05, 4.69) is 5.32 Å². The van der Waals surface area contributed by atoms with E-state index in [4.69, 9.17) is 9.47 Å². The van der Waals surface area contributed by atoms with Crippen molar-refractivity contribution in [3.8, 4) is 5.75 Å². The molecule has 2 rings (SSSR count). The van der Waals surface area contributed by atoms with Gasteiger partial charge in [-0.3, -0.25) is 4.79 Å². The van der Waals surface area contributed by atoms with Crippen molar-refractivity contribution in [1.82, 2.24) is 10.2 Å². The van der Waals surface area contributed by atoms with Crippen LogP contribution in [0.4, 0.5) is 0 Å². The number of nitrogens with zero attached hydrogens (tertiary/aromatic N) is 1. The lowest BCUT2D eigenvalue weighted by Crippen LogP contribution is -2.43. The van der Waals surface area contributed by atoms with E-state index < -0.39 is 0 Å². The van der Waals surface area contributed by atoms with E-state index in [1.165, 1.54) is 0 Å². The molecular weight excluding hydrogens is 244 g/mol. The molecule has 5 heteroatoms. The molecule has 1 N–H and O–H groups in total. The Bertz CT molecular complexity index is 417. The van der Waals surface area contributed by atoms with Gasteiger partial charge in [-0.05, 0) is 13.1 Å². The number of morpholine rings is 1. The van der Waals surface area contributed by atoms with E-state index in [1.54, 1.807) is 4.90 Å². The van der Waals surface area contributed by atoms with E-state index in [0.717, 1.165) is 17.9 Å². The van der Waals surface area contributed by atoms with Crippen molar-refractivity contribution < 1.29 is 14.3 Å². The molecule has 1 heterocycles. The second-order valence-corrected chi connectivity index (χ2v) is 4.42. The van der Waals surface area contributed by atoms with Crippen LogP contribution >= 0.6 is 0 Å². The minimum atomic E-state index is 0.0163. The van der Waals surface area contributed by atoms with Crippen molar-refractivity contribution in [3.63, 3.8) is 0 Å². The fourth-order valence-electron chi connectivity index (χ4n) is 2.02. The minimum Gasteiger partial charge on any atom is -0.483 e. The third-order valence-electron chi connectivity index (χ3n) is 3.05. The summed E-state index contributed by atoms with van der Waals surface area (Å²) < 4.78 is 10.9. The lowest BCUT2D eigenvalue weighted by atomic mass is 10.2. The van der Waals surface area contributed by atoms with E-state index in [0.29, 0.717) is 26.3 Å². The lowest BCUT2D eigenvalue weighted by molar-refractivity contribution is -0.137. The van der Waals surface area contributed by atoms with Crippen molar-refractivity contribution in [3.05, 3.63) is 29.8 Å². The summed E-state index contributed by atoms with van der Waals surface area (Å²) in [4.78, 5) is 13.8. The molecule has 0 atom stereocenters. The first-order valence-electron chi connectivity index (χ1n) is 6.52. The molecule has 0 unspecified atom stereocenters. The summed E-state index contributed by atoms with van der Waals surface area (Å²) in [5.74, 6) is 0.779. The van der Waals surface area contributed by atoms with Crippen LogP contribution in [0.3, 0.4) is 0 Å². The van der Waals surface area contributed by atoms with Crippen molar-refractivity contribution in [2.45, 2.75) is 6.54 Å². The summed E-state index contributed by atoms with van der Waals surface area (Å²) in [6.07, 6.45) is 0. The predicted molar refractivity (Wildman–Crippen MR) is 72.1 cm³/mol. The number of carbonyl (C=O) groups is 1. The van der Waals surface area contributed by atoms with Crippen LogP contribution in [0, 0.1) is 0 Å². The highest BCUT2D eigenvalue weighted by Gasteiger charge is 2.17. The number of amides is 1. The maximum Gasteiger partial charge on any atom is 0.260 e. The summed E-state index contributed by atoms with van der Waals surface area (Å²) in [5.41, 5.74) is 1.06. The highest BCUT2D eigenvalue weighted by molar-refractivity contribution is 5.77. The molecule has 0 aliphatic carbocycles. The Kier molecular flexibility index (Phi) is 5.18. The van der Waals surface area contributed by atoms with Crippen LogP contribution in [0.1, 0.15) is 5.56 Å². The predicted octanol–water partition coefficient (Wildman–Crippen LogP) is 0.644. The standard InChI is InChI=1S/C14H20N2O3/c1-15-10-12-4-2-3-5-13(12)19-11-14(17)16-6-8-18-9-7-16/h2-5,15H,6-11H2,1H3. The molecule has 0 saturated carbocycles. The molecule has 1 aromatic rings. The van der Waals surface area contributed by atoms with Gasteiger partial charge in [0.05, 0.1) is 13.2 Å². The molecule has 1 saturated heterocycles. The van der Waals surface area contributed by atoms with Crippen LogP contribution in [-0.4, -0.2) is 50.8 Å². The maximum absolute atomic E-state index is 12.0. The third kappa shape index (κ3) is 3.94. The molecule has 19 heavy (non-hydrogen) atoms. The number of carbonyl (C=O) groups excluding carboxylic acids is 1. The van der Waals surface area contributed by atoms with Crippen molar-refractivity contribution >= 4 is 5.91 Å². The Hall–Kier alpha value is -1.59. The van der Waals surface area contributed by atoms with E-state index in [1.807, 2.05) is 31.3 Å². The highest BCUT2D eigenvalue weighted by Crippen LogP contribution is 2.17. The van der Waals surface area contributed by atoms with Gasteiger partial charge in [0.15, 0.2) is 6.61 Å². The van der Waals surface area contributed by atoms with Gasteiger partial charge in [0.1, 0.15) is 5.75 Å². The molecule has 5 nitrogen and oxygen atoms in total. The van der Waals surface area contributed by atoms with Gasteiger partial charge < -0.3 is 19.7 Å². The van der Waals surface area contributed by atoms with Gasteiger partial charge >= 0.3 is 0 Å². The van der Waals surface area contributed by atoms with Crippen molar-refractivity contribution in [1.29, 1.82) is 0 Å². The van der Waals surface area contributed by atoms with Crippen molar-refractivity contribution in [2.24, 2.45) is 0 Å². The molecule has 104 valence electrons. The molecular formula is C14H20N2O3. The zero-order valence-corrected chi connectivity index (χ0v) is 11.2. The summed E-state index contributed by atoms with van der Waals surface area (Å²) in [6, 6.07) is 7.75. The Balaban J connectivity index is 1.89. The fraction of sp³-hybridized carbons (Fsp3) is 0.500. The molecule has 0 aromatic heterocycles. The van der Waals surface area contributed by atoms with Crippen LogP contribution in [0.25, 0.3) is 0 Å². The number of nitrogens with one attached hydrogen (secondary N) is 1. The van der Waals surface area contributed by atoms with Gasteiger partial charge in [0.25, 0.3) is 5.91 Å². The van der Waals surface area contributed by atoms with Crippen LogP contribution < -0.4 is 10.1 Å². The Labute approximate surface area is 113 Å². The largest absolute Gasteiger partial charge is 0.483 e. The van der Waals surface area contributed by atoms with Crippen LogP contribution in [-0.2, 0) is 16.1 Å². The number of hydrogen-bond donors (Lipinski definition) is 1. The average molecular weight is 264 g/mol. The second-order valence-electron chi connectivity index (χ2n) is 4.42. The molecule has 0 spiro atoms. The number of hydrogen-bond acceptors (Lipinski definition) is 4. The summed E-state index contributed by atoms with van der Waals surface area (Å²) in [5, 5.41) is 3.08. The Morgan fingerprint density at radius 2 is 2.11 bits per heavy atom. The number of benzene rings is 1. The van der Waals surface area contributed by atoms with E-state index in [9.17, 15) is 4.79 Å². The Morgan fingerprint density at radius 1 is 1.37 bits per heavy atom. The molecule has 1 amide bonds. The SMILES string of the molecule is CNCc1ccccc1OCC(=O)N1CCOCC1. The lowest BCUT2D eigenvalue weighted by Gasteiger charge is -2.26. The molecule has 1 aliphatic heterocycles. The first kappa shape index (κ1) is 13.8. The number of ether oxygens (including phenoxy) is 2. The molecule has 1 fully saturated rings. The second kappa shape index (κ2) is 7.11. The van der Waals surface area contributed by atoms with Gasteiger partial charge in [0.2, 0.25) is 0 Å². The number of para-hydroxylation sites is 1. The number of rotatable bonds is 5. The molecule has 0 bridgehead atoms. The van der Waals surface area contributed by atoms with Gasteiger partial charge in [-0.15, -0.1) is 0 Å². The smallest absolute Gasteiger partial charge is 0.260 e. The molecule has 0 radical (unpaired) electrons. The molecule has 1 aromatic carbocycles. The zero-order valence-electron chi connectivity index (χ0n) is 11.2.